The minimum Gasteiger partial charge on any atom is -0.343 e. The Hall–Kier alpha value is -2.21. The standard InChI is InChI=1S/C23H32N4O2/c1-17(2)9-10-20(28)27-13-11-23(12-14-27)15-19(26(3)16-23)21-24-22(29-25-21)18-7-5-4-6-8-18/h4-8,17,19H,9-16H2,1-3H3. The van der Waals surface area contributed by atoms with E-state index < -0.39 is 0 Å². The second-order valence-corrected chi connectivity index (χ2v) is 9.27. The minimum absolute atomic E-state index is 0.180. The van der Waals surface area contributed by atoms with E-state index >= 15 is 0 Å². The molecule has 0 radical (unpaired) electrons. The zero-order valence-corrected chi connectivity index (χ0v) is 17.8. The zero-order chi connectivity index (χ0) is 20.4. The fourth-order valence-electron chi connectivity index (χ4n) is 4.79. The van der Waals surface area contributed by atoms with Crippen molar-refractivity contribution in [1.82, 2.24) is 19.9 Å². The molecule has 2 aliphatic rings. The van der Waals surface area contributed by atoms with E-state index in [2.05, 4.69) is 35.9 Å². The van der Waals surface area contributed by atoms with E-state index in [1.54, 1.807) is 0 Å². The van der Waals surface area contributed by atoms with E-state index in [1.807, 2.05) is 30.3 Å². The maximum atomic E-state index is 12.5. The van der Waals surface area contributed by atoms with Crippen LogP contribution in [0.25, 0.3) is 11.5 Å². The molecule has 1 atom stereocenters. The van der Waals surface area contributed by atoms with Crippen LogP contribution in [0.4, 0.5) is 0 Å². The molecular weight excluding hydrogens is 364 g/mol. The Morgan fingerprint density at radius 3 is 2.66 bits per heavy atom. The maximum Gasteiger partial charge on any atom is 0.257 e. The Kier molecular flexibility index (Phi) is 5.72. The molecule has 1 aromatic carbocycles. The molecular formula is C23H32N4O2. The topological polar surface area (TPSA) is 62.5 Å². The van der Waals surface area contributed by atoms with Gasteiger partial charge in [-0.2, -0.15) is 4.98 Å². The number of nitrogens with zero attached hydrogens (tertiary/aromatic N) is 4. The summed E-state index contributed by atoms with van der Waals surface area (Å²) in [5.41, 5.74) is 1.21. The number of carbonyl (C=O) groups is 1. The van der Waals surface area contributed by atoms with Crippen molar-refractivity contribution < 1.29 is 9.32 Å². The van der Waals surface area contributed by atoms with Gasteiger partial charge in [-0.05, 0) is 56.2 Å². The third-order valence-electron chi connectivity index (χ3n) is 6.62. The first-order valence-corrected chi connectivity index (χ1v) is 10.8. The van der Waals surface area contributed by atoms with E-state index in [0.29, 0.717) is 24.1 Å². The number of hydrogen-bond acceptors (Lipinski definition) is 5. The molecule has 3 heterocycles. The quantitative estimate of drug-likeness (QED) is 0.759. The fraction of sp³-hybridized carbons (Fsp3) is 0.609. The summed E-state index contributed by atoms with van der Waals surface area (Å²) in [5.74, 6) is 2.26. The highest BCUT2D eigenvalue weighted by Crippen LogP contribution is 2.47. The number of likely N-dealkylation sites (tertiary alicyclic amines) is 2. The van der Waals surface area contributed by atoms with E-state index in [-0.39, 0.29) is 11.5 Å². The SMILES string of the molecule is CC(C)CCC(=O)N1CCC2(CC1)CC(c1noc(-c3ccccc3)n1)N(C)C2. The Bertz CT molecular complexity index is 824. The Morgan fingerprint density at radius 2 is 1.97 bits per heavy atom. The molecule has 2 aliphatic heterocycles. The molecule has 1 aromatic heterocycles. The average molecular weight is 397 g/mol. The van der Waals surface area contributed by atoms with Crippen molar-refractivity contribution in [3.63, 3.8) is 0 Å². The van der Waals surface area contributed by atoms with Crippen LogP contribution in [0.2, 0.25) is 0 Å². The highest BCUT2D eigenvalue weighted by Gasteiger charge is 2.46. The predicted octanol–water partition coefficient (Wildman–Crippen LogP) is 4.16. The molecule has 0 N–H and O–H groups in total. The molecule has 1 spiro atoms. The van der Waals surface area contributed by atoms with Crippen LogP contribution in [0.5, 0.6) is 0 Å². The number of piperidine rings is 1. The molecule has 2 saturated heterocycles. The number of aromatic nitrogens is 2. The highest BCUT2D eigenvalue weighted by molar-refractivity contribution is 5.76. The second-order valence-electron chi connectivity index (χ2n) is 9.27. The summed E-state index contributed by atoms with van der Waals surface area (Å²) >= 11 is 0. The van der Waals surface area contributed by atoms with Crippen molar-refractivity contribution in [2.24, 2.45) is 11.3 Å². The number of amides is 1. The third-order valence-corrected chi connectivity index (χ3v) is 6.62. The molecule has 156 valence electrons. The van der Waals surface area contributed by atoms with E-state index in [9.17, 15) is 4.79 Å². The molecule has 6 heteroatoms. The summed E-state index contributed by atoms with van der Waals surface area (Å²) in [6.07, 6.45) is 4.81. The van der Waals surface area contributed by atoms with Crippen LogP contribution in [0.1, 0.15) is 57.8 Å². The number of benzene rings is 1. The van der Waals surface area contributed by atoms with Crippen LogP contribution < -0.4 is 0 Å². The molecule has 1 unspecified atom stereocenters. The van der Waals surface area contributed by atoms with Crippen molar-refractivity contribution in [3.05, 3.63) is 36.2 Å². The van der Waals surface area contributed by atoms with Gasteiger partial charge in [0.1, 0.15) is 0 Å². The molecule has 1 amide bonds. The summed E-state index contributed by atoms with van der Waals surface area (Å²) in [5, 5.41) is 4.29. The van der Waals surface area contributed by atoms with Crippen molar-refractivity contribution in [1.29, 1.82) is 0 Å². The summed E-state index contributed by atoms with van der Waals surface area (Å²) in [4.78, 5) is 21.6. The molecule has 4 rings (SSSR count). The summed E-state index contributed by atoms with van der Waals surface area (Å²) in [7, 11) is 2.15. The first-order chi connectivity index (χ1) is 14.0. The first-order valence-electron chi connectivity index (χ1n) is 10.8. The fourth-order valence-corrected chi connectivity index (χ4v) is 4.79. The van der Waals surface area contributed by atoms with Crippen molar-refractivity contribution in [2.75, 3.05) is 26.7 Å². The van der Waals surface area contributed by atoms with Gasteiger partial charge in [-0.15, -0.1) is 0 Å². The van der Waals surface area contributed by atoms with Gasteiger partial charge in [-0.25, -0.2) is 0 Å². The molecule has 0 bridgehead atoms. The van der Waals surface area contributed by atoms with Crippen molar-refractivity contribution in [3.8, 4) is 11.5 Å². The predicted molar refractivity (Wildman–Crippen MR) is 112 cm³/mol. The first kappa shape index (κ1) is 20.1. The van der Waals surface area contributed by atoms with Crippen LogP contribution >= 0.6 is 0 Å². The van der Waals surface area contributed by atoms with Gasteiger partial charge < -0.3 is 9.42 Å². The van der Waals surface area contributed by atoms with E-state index in [4.69, 9.17) is 9.51 Å². The van der Waals surface area contributed by atoms with Crippen LogP contribution in [-0.4, -0.2) is 52.5 Å². The van der Waals surface area contributed by atoms with Crippen LogP contribution in [0, 0.1) is 11.3 Å². The van der Waals surface area contributed by atoms with Gasteiger partial charge >= 0.3 is 0 Å². The van der Waals surface area contributed by atoms with Gasteiger partial charge in [-0.1, -0.05) is 37.2 Å². The smallest absolute Gasteiger partial charge is 0.257 e. The Morgan fingerprint density at radius 1 is 1.24 bits per heavy atom. The summed E-state index contributed by atoms with van der Waals surface area (Å²) in [6, 6.07) is 10.1. The largest absolute Gasteiger partial charge is 0.343 e. The average Bonchev–Trinajstić information content (AvgIpc) is 3.32. The highest BCUT2D eigenvalue weighted by atomic mass is 16.5. The Balaban J connectivity index is 1.38. The van der Waals surface area contributed by atoms with Gasteiger partial charge in [0, 0.05) is 31.6 Å². The lowest BCUT2D eigenvalue weighted by molar-refractivity contribution is -0.133. The number of rotatable bonds is 5. The number of carbonyl (C=O) groups excluding carboxylic acids is 1. The molecule has 29 heavy (non-hydrogen) atoms. The third kappa shape index (κ3) is 4.37. The molecule has 6 nitrogen and oxygen atoms in total. The Labute approximate surface area is 173 Å². The maximum absolute atomic E-state index is 12.5. The van der Waals surface area contributed by atoms with E-state index in [0.717, 1.165) is 56.7 Å². The van der Waals surface area contributed by atoms with Gasteiger partial charge in [0.2, 0.25) is 5.91 Å². The summed E-state index contributed by atoms with van der Waals surface area (Å²) in [6.45, 7) is 7.13. The lowest BCUT2D eigenvalue weighted by atomic mass is 9.76. The van der Waals surface area contributed by atoms with Crippen LogP contribution in [-0.2, 0) is 4.79 Å². The lowest BCUT2D eigenvalue weighted by Crippen LogP contribution is -2.44. The molecule has 2 aromatic rings. The van der Waals surface area contributed by atoms with E-state index in [1.165, 1.54) is 0 Å². The van der Waals surface area contributed by atoms with Gasteiger partial charge in [0.25, 0.3) is 5.89 Å². The normalized spacial score (nSPS) is 21.9. The molecule has 0 aliphatic carbocycles. The number of hydrogen-bond donors (Lipinski definition) is 0. The molecule has 2 fully saturated rings. The van der Waals surface area contributed by atoms with Crippen molar-refractivity contribution >= 4 is 5.91 Å². The van der Waals surface area contributed by atoms with Gasteiger partial charge in [0.15, 0.2) is 5.82 Å². The van der Waals surface area contributed by atoms with Crippen LogP contribution in [0.3, 0.4) is 0 Å². The van der Waals surface area contributed by atoms with Crippen LogP contribution in [0.15, 0.2) is 34.9 Å². The summed E-state index contributed by atoms with van der Waals surface area (Å²) < 4.78 is 5.54. The minimum atomic E-state index is 0.180. The monoisotopic (exact) mass is 396 g/mol. The van der Waals surface area contributed by atoms with Gasteiger partial charge in [0.05, 0.1) is 6.04 Å². The van der Waals surface area contributed by atoms with Gasteiger partial charge in [-0.3, -0.25) is 9.69 Å². The molecule has 0 saturated carbocycles. The lowest BCUT2D eigenvalue weighted by Gasteiger charge is -2.39. The second kappa shape index (κ2) is 8.27. The zero-order valence-electron chi connectivity index (χ0n) is 17.8. The van der Waals surface area contributed by atoms with Crippen molar-refractivity contribution in [2.45, 2.75) is 52.0 Å².